The molecule has 7 heteroatoms. The van der Waals surface area contributed by atoms with E-state index in [2.05, 4.69) is 12.2 Å². The molecule has 174 valence electrons. The summed E-state index contributed by atoms with van der Waals surface area (Å²) in [5.74, 6) is 0.504. The van der Waals surface area contributed by atoms with Gasteiger partial charge in [0.1, 0.15) is 5.75 Å². The fraction of sp³-hybridized carbons (Fsp3) is 0.480. The van der Waals surface area contributed by atoms with Gasteiger partial charge in [-0.15, -0.1) is 0 Å². The topological polar surface area (TPSA) is 75.7 Å². The van der Waals surface area contributed by atoms with Gasteiger partial charge in [-0.3, -0.25) is 4.79 Å². The van der Waals surface area contributed by atoms with Crippen LogP contribution in [0.4, 0.5) is 0 Å². The summed E-state index contributed by atoms with van der Waals surface area (Å²) in [5, 5.41) is 2.85. The standard InChI is InChI=1S/C25H34N2O4S/c1-2-7-21-8-12-23(13-9-21)31-20-25(28)26-17-16-22-10-14-24(15-11-22)32(29,30)27-18-5-3-4-6-19-27/h8-15H,2-7,16-20H2,1H3,(H,26,28). The van der Waals surface area contributed by atoms with E-state index < -0.39 is 10.0 Å². The highest BCUT2D eigenvalue weighted by molar-refractivity contribution is 7.89. The van der Waals surface area contributed by atoms with Crippen LogP contribution in [0.25, 0.3) is 0 Å². The minimum Gasteiger partial charge on any atom is -0.484 e. The van der Waals surface area contributed by atoms with Crippen molar-refractivity contribution in [3.05, 3.63) is 59.7 Å². The summed E-state index contributed by atoms with van der Waals surface area (Å²) in [6, 6.07) is 14.8. The van der Waals surface area contributed by atoms with Crippen molar-refractivity contribution >= 4 is 15.9 Å². The lowest BCUT2D eigenvalue weighted by molar-refractivity contribution is -0.123. The van der Waals surface area contributed by atoms with Crippen LogP contribution in [0.3, 0.4) is 0 Å². The van der Waals surface area contributed by atoms with Gasteiger partial charge in [-0.05, 0) is 61.1 Å². The molecule has 0 atom stereocenters. The fourth-order valence-corrected chi connectivity index (χ4v) is 5.36. The largest absolute Gasteiger partial charge is 0.484 e. The normalized spacial score (nSPS) is 15.2. The summed E-state index contributed by atoms with van der Waals surface area (Å²) in [6.45, 7) is 3.78. The van der Waals surface area contributed by atoms with E-state index in [4.69, 9.17) is 4.74 Å². The van der Waals surface area contributed by atoms with E-state index in [1.54, 1.807) is 16.4 Å². The monoisotopic (exact) mass is 458 g/mol. The SMILES string of the molecule is CCCc1ccc(OCC(=O)NCCc2ccc(S(=O)(=O)N3CCCCCC3)cc2)cc1. The number of nitrogens with zero attached hydrogens (tertiary/aromatic N) is 1. The first kappa shape index (κ1) is 24.3. The Morgan fingerprint density at radius 3 is 2.12 bits per heavy atom. The average molecular weight is 459 g/mol. The number of nitrogens with one attached hydrogen (secondary N) is 1. The van der Waals surface area contributed by atoms with Crippen LogP contribution in [0, 0.1) is 0 Å². The van der Waals surface area contributed by atoms with Crippen molar-refractivity contribution < 1.29 is 17.9 Å². The zero-order valence-corrected chi connectivity index (χ0v) is 19.7. The molecule has 1 heterocycles. The zero-order chi connectivity index (χ0) is 22.8. The molecule has 1 N–H and O–H groups in total. The van der Waals surface area contributed by atoms with Gasteiger partial charge in [0.25, 0.3) is 5.91 Å². The van der Waals surface area contributed by atoms with Gasteiger partial charge in [0.05, 0.1) is 4.90 Å². The highest BCUT2D eigenvalue weighted by Gasteiger charge is 2.24. The molecule has 2 aromatic rings. The van der Waals surface area contributed by atoms with Gasteiger partial charge in [-0.25, -0.2) is 8.42 Å². The Kier molecular flexibility index (Phi) is 9.11. The minimum atomic E-state index is -3.43. The summed E-state index contributed by atoms with van der Waals surface area (Å²) in [7, 11) is -3.43. The molecular weight excluding hydrogens is 424 g/mol. The van der Waals surface area contributed by atoms with E-state index >= 15 is 0 Å². The molecule has 0 saturated carbocycles. The van der Waals surface area contributed by atoms with Gasteiger partial charge in [0, 0.05) is 19.6 Å². The number of hydrogen-bond acceptors (Lipinski definition) is 4. The number of benzene rings is 2. The van der Waals surface area contributed by atoms with Crippen LogP contribution < -0.4 is 10.1 Å². The molecule has 6 nitrogen and oxygen atoms in total. The number of amides is 1. The van der Waals surface area contributed by atoms with Gasteiger partial charge in [-0.2, -0.15) is 4.31 Å². The third kappa shape index (κ3) is 7.07. The summed E-state index contributed by atoms with van der Waals surface area (Å²) in [5.41, 5.74) is 2.24. The Labute approximate surface area is 192 Å². The molecule has 32 heavy (non-hydrogen) atoms. The second-order valence-corrected chi connectivity index (χ2v) is 10.2. The minimum absolute atomic E-state index is 0.0276. The highest BCUT2D eigenvalue weighted by Crippen LogP contribution is 2.20. The lowest BCUT2D eigenvalue weighted by Crippen LogP contribution is -2.32. The highest BCUT2D eigenvalue weighted by atomic mass is 32.2. The average Bonchev–Trinajstić information content (AvgIpc) is 3.10. The van der Waals surface area contributed by atoms with Crippen molar-refractivity contribution in [2.24, 2.45) is 0 Å². The maximum Gasteiger partial charge on any atom is 0.257 e. The van der Waals surface area contributed by atoms with Gasteiger partial charge in [-0.1, -0.05) is 50.5 Å². The Bertz CT molecular complexity index is 948. The third-order valence-electron chi connectivity index (χ3n) is 5.69. The molecule has 0 radical (unpaired) electrons. The first-order chi connectivity index (χ1) is 15.5. The second-order valence-electron chi connectivity index (χ2n) is 8.24. The predicted octanol–water partition coefficient (Wildman–Crippen LogP) is 3.94. The van der Waals surface area contributed by atoms with Crippen LogP contribution in [-0.4, -0.2) is 44.9 Å². The van der Waals surface area contributed by atoms with E-state index in [0.717, 1.165) is 44.1 Å². The molecule has 3 rings (SSSR count). The molecule has 1 aliphatic heterocycles. The first-order valence-corrected chi connectivity index (χ1v) is 13.0. The first-order valence-electron chi connectivity index (χ1n) is 11.6. The molecular formula is C25H34N2O4S. The summed E-state index contributed by atoms with van der Waals surface area (Å²) < 4.78 is 32.8. The van der Waals surface area contributed by atoms with Crippen molar-refractivity contribution in [1.29, 1.82) is 0 Å². The Balaban J connectivity index is 1.42. The van der Waals surface area contributed by atoms with Gasteiger partial charge in [0.2, 0.25) is 10.0 Å². The van der Waals surface area contributed by atoms with Gasteiger partial charge in [0.15, 0.2) is 6.61 Å². The number of aryl methyl sites for hydroxylation is 1. The summed E-state index contributed by atoms with van der Waals surface area (Å²) >= 11 is 0. The number of carbonyl (C=O) groups is 1. The van der Waals surface area contributed by atoms with Crippen LogP contribution >= 0.6 is 0 Å². The Morgan fingerprint density at radius 1 is 0.906 bits per heavy atom. The van der Waals surface area contributed by atoms with Crippen LogP contribution in [0.1, 0.15) is 50.2 Å². The van der Waals surface area contributed by atoms with Gasteiger partial charge >= 0.3 is 0 Å². The maximum absolute atomic E-state index is 12.8. The molecule has 0 unspecified atom stereocenters. The lowest BCUT2D eigenvalue weighted by Gasteiger charge is -2.20. The quantitative estimate of drug-likeness (QED) is 0.585. The predicted molar refractivity (Wildman–Crippen MR) is 126 cm³/mol. The summed E-state index contributed by atoms with van der Waals surface area (Å²) in [4.78, 5) is 12.4. The lowest BCUT2D eigenvalue weighted by atomic mass is 10.1. The zero-order valence-electron chi connectivity index (χ0n) is 18.9. The molecule has 0 bridgehead atoms. The van der Waals surface area contributed by atoms with E-state index in [9.17, 15) is 13.2 Å². The Hall–Kier alpha value is -2.38. The molecule has 1 aliphatic rings. The Morgan fingerprint density at radius 2 is 1.50 bits per heavy atom. The molecule has 0 aromatic heterocycles. The van der Waals surface area contributed by atoms with Crippen molar-refractivity contribution in [1.82, 2.24) is 9.62 Å². The maximum atomic E-state index is 12.8. The molecule has 0 spiro atoms. The number of sulfonamides is 1. The smallest absolute Gasteiger partial charge is 0.257 e. The third-order valence-corrected chi connectivity index (χ3v) is 7.61. The number of hydrogen-bond donors (Lipinski definition) is 1. The van der Waals surface area contributed by atoms with Crippen molar-refractivity contribution in [3.8, 4) is 5.75 Å². The van der Waals surface area contributed by atoms with Crippen LogP contribution in [0.2, 0.25) is 0 Å². The van der Waals surface area contributed by atoms with Crippen LogP contribution in [0.15, 0.2) is 53.4 Å². The van der Waals surface area contributed by atoms with E-state index in [0.29, 0.717) is 36.7 Å². The number of rotatable bonds is 10. The molecule has 0 aliphatic carbocycles. The van der Waals surface area contributed by atoms with Crippen LogP contribution in [0.5, 0.6) is 5.75 Å². The van der Waals surface area contributed by atoms with Crippen molar-refractivity contribution in [2.75, 3.05) is 26.2 Å². The number of carbonyl (C=O) groups excluding carboxylic acids is 1. The molecule has 2 aromatic carbocycles. The molecule has 1 saturated heterocycles. The van der Waals surface area contributed by atoms with Crippen molar-refractivity contribution in [3.63, 3.8) is 0 Å². The van der Waals surface area contributed by atoms with Gasteiger partial charge < -0.3 is 10.1 Å². The van der Waals surface area contributed by atoms with Crippen molar-refractivity contribution in [2.45, 2.75) is 56.8 Å². The molecule has 1 fully saturated rings. The second kappa shape index (κ2) is 12.0. The number of ether oxygens (including phenoxy) is 1. The molecule has 1 amide bonds. The van der Waals surface area contributed by atoms with E-state index in [1.165, 1.54) is 5.56 Å². The van der Waals surface area contributed by atoms with E-state index in [1.807, 2.05) is 36.4 Å². The van der Waals surface area contributed by atoms with E-state index in [-0.39, 0.29) is 12.5 Å². The summed E-state index contributed by atoms with van der Waals surface area (Å²) in [6.07, 6.45) is 6.78. The fourth-order valence-electron chi connectivity index (χ4n) is 3.85. The van der Waals surface area contributed by atoms with Crippen LogP contribution in [-0.2, 0) is 27.7 Å².